The summed E-state index contributed by atoms with van der Waals surface area (Å²) in [4.78, 5) is 27.0. The molecule has 29 heavy (non-hydrogen) atoms. The molecule has 0 spiro atoms. The molecule has 0 bridgehead atoms. The molecule has 1 atom stereocenters. The first-order chi connectivity index (χ1) is 14.1. The summed E-state index contributed by atoms with van der Waals surface area (Å²) in [5.41, 5.74) is 6.68. The standard InChI is InChI=1S/C25H22O3S/c1-15-6-9-23-19(10-15)13-24(29-23)25(27)28-14-22(26)18-8-7-17-11-16-4-2-3-5-20(16)21(17)12-18/h2-5,7-8,12-13,15H,6,9-11,14H2,1H3/t15-/m1/s1. The van der Waals surface area contributed by atoms with E-state index in [4.69, 9.17) is 4.74 Å². The zero-order chi connectivity index (χ0) is 20.0. The van der Waals surface area contributed by atoms with Crippen molar-refractivity contribution >= 4 is 23.1 Å². The van der Waals surface area contributed by atoms with Gasteiger partial charge in [0.25, 0.3) is 0 Å². The molecule has 0 amide bonds. The number of carbonyl (C=O) groups is 2. The predicted molar refractivity (Wildman–Crippen MR) is 115 cm³/mol. The molecule has 3 nitrogen and oxygen atoms in total. The number of ether oxygens (including phenoxy) is 1. The van der Waals surface area contributed by atoms with Gasteiger partial charge < -0.3 is 4.74 Å². The van der Waals surface area contributed by atoms with Gasteiger partial charge >= 0.3 is 5.97 Å². The Kier molecular flexibility index (Phi) is 4.59. The van der Waals surface area contributed by atoms with E-state index in [0.29, 0.717) is 16.4 Å². The highest BCUT2D eigenvalue weighted by atomic mass is 32.1. The average Bonchev–Trinajstić information content (AvgIpc) is 3.32. The van der Waals surface area contributed by atoms with Crippen LogP contribution in [-0.2, 0) is 24.0 Å². The second-order valence-corrected chi connectivity index (χ2v) is 9.25. The van der Waals surface area contributed by atoms with Crippen LogP contribution in [0.4, 0.5) is 0 Å². The molecule has 0 fully saturated rings. The van der Waals surface area contributed by atoms with Crippen molar-refractivity contribution in [3.63, 3.8) is 0 Å². The van der Waals surface area contributed by atoms with E-state index in [1.54, 1.807) is 0 Å². The minimum Gasteiger partial charge on any atom is -0.453 e. The Morgan fingerprint density at radius 3 is 2.76 bits per heavy atom. The third-order valence-electron chi connectivity index (χ3n) is 5.99. The lowest BCUT2D eigenvalue weighted by Gasteiger charge is -2.16. The van der Waals surface area contributed by atoms with Gasteiger partial charge in [-0.2, -0.15) is 0 Å². The number of hydrogen-bond acceptors (Lipinski definition) is 4. The van der Waals surface area contributed by atoms with E-state index < -0.39 is 5.97 Å². The highest BCUT2D eigenvalue weighted by Crippen LogP contribution is 2.37. The Bertz CT molecular complexity index is 1120. The van der Waals surface area contributed by atoms with E-state index in [1.807, 2.05) is 36.4 Å². The van der Waals surface area contributed by atoms with E-state index in [2.05, 4.69) is 19.1 Å². The lowest BCUT2D eigenvalue weighted by atomic mass is 9.90. The van der Waals surface area contributed by atoms with Crippen molar-refractivity contribution in [1.29, 1.82) is 0 Å². The van der Waals surface area contributed by atoms with Crippen molar-refractivity contribution in [1.82, 2.24) is 0 Å². The minimum absolute atomic E-state index is 0.166. The van der Waals surface area contributed by atoms with Crippen LogP contribution < -0.4 is 0 Å². The quantitative estimate of drug-likeness (QED) is 0.335. The number of benzene rings is 2. The molecule has 0 saturated heterocycles. The summed E-state index contributed by atoms with van der Waals surface area (Å²) in [5, 5.41) is 0. The molecule has 3 aromatic rings. The first-order valence-electron chi connectivity index (χ1n) is 10.1. The van der Waals surface area contributed by atoms with Gasteiger partial charge in [0.2, 0.25) is 0 Å². The summed E-state index contributed by atoms with van der Waals surface area (Å²) in [7, 11) is 0. The molecule has 0 unspecified atom stereocenters. The van der Waals surface area contributed by atoms with Crippen LogP contribution in [0.1, 0.15) is 54.9 Å². The van der Waals surface area contributed by atoms with Gasteiger partial charge in [0.05, 0.1) is 0 Å². The maximum absolute atomic E-state index is 12.7. The molecule has 1 heterocycles. The highest BCUT2D eigenvalue weighted by molar-refractivity contribution is 7.14. The number of rotatable bonds is 4. The SMILES string of the molecule is C[C@@H]1CCc2sc(C(=O)OCC(=O)c3ccc4c(c3)-c3ccccc3C4)cc2C1. The molecule has 0 aliphatic heterocycles. The molecule has 2 aliphatic carbocycles. The number of hydrogen-bond donors (Lipinski definition) is 0. The van der Waals surface area contributed by atoms with Gasteiger partial charge in [0.1, 0.15) is 4.88 Å². The third kappa shape index (κ3) is 3.42. The summed E-state index contributed by atoms with van der Waals surface area (Å²) in [6, 6.07) is 16.0. The van der Waals surface area contributed by atoms with E-state index in [1.165, 1.54) is 44.9 Å². The summed E-state index contributed by atoms with van der Waals surface area (Å²) < 4.78 is 5.36. The fourth-order valence-electron chi connectivity index (χ4n) is 4.39. The molecule has 146 valence electrons. The molecule has 2 aliphatic rings. The Morgan fingerprint density at radius 1 is 1.03 bits per heavy atom. The largest absolute Gasteiger partial charge is 0.453 e. The molecule has 4 heteroatoms. The highest BCUT2D eigenvalue weighted by Gasteiger charge is 2.23. The molecule has 1 aromatic heterocycles. The smallest absolute Gasteiger partial charge is 0.348 e. The van der Waals surface area contributed by atoms with Gasteiger partial charge in [-0.05, 0) is 71.6 Å². The van der Waals surface area contributed by atoms with E-state index in [0.717, 1.165) is 24.8 Å². The van der Waals surface area contributed by atoms with Crippen molar-refractivity contribution in [2.45, 2.75) is 32.6 Å². The zero-order valence-corrected chi connectivity index (χ0v) is 17.2. The van der Waals surface area contributed by atoms with Crippen LogP contribution in [0.15, 0.2) is 48.5 Å². The number of fused-ring (bicyclic) bond motifs is 4. The number of esters is 1. The Hall–Kier alpha value is -2.72. The molecule has 2 aromatic carbocycles. The number of thiophene rings is 1. The van der Waals surface area contributed by atoms with Crippen LogP contribution in [0, 0.1) is 5.92 Å². The Balaban J connectivity index is 1.28. The summed E-state index contributed by atoms with van der Waals surface area (Å²) in [6.45, 7) is 2.02. The van der Waals surface area contributed by atoms with Crippen LogP contribution in [0.5, 0.6) is 0 Å². The average molecular weight is 403 g/mol. The Labute approximate surface area is 174 Å². The summed E-state index contributed by atoms with van der Waals surface area (Å²) in [5.74, 6) is 0.102. The maximum atomic E-state index is 12.7. The van der Waals surface area contributed by atoms with Crippen LogP contribution in [0.25, 0.3) is 11.1 Å². The minimum atomic E-state index is -0.392. The van der Waals surface area contributed by atoms with Crippen molar-refractivity contribution in [3.05, 3.63) is 80.5 Å². The Morgan fingerprint density at radius 2 is 1.86 bits per heavy atom. The van der Waals surface area contributed by atoms with Crippen molar-refractivity contribution in [2.75, 3.05) is 6.61 Å². The number of ketones is 1. The lowest BCUT2D eigenvalue weighted by molar-refractivity contribution is 0.0479. The summed E-state index contributed by atoms with van der Waals surface area (Å²) >= 11 is 1.52. The second kappa shape index (κ2) is 7.27. The fourth-order valence-corrected chi connectivity index (χ4v) is 5.49. The number of carbonyl (C=O) groups excluding carboxylic acids is 2. The van der Waals surface area contributed by atoms with Gasteiger partial charge in [-0.15, -0.1) is 11.3 Å². The maximum Gasteiger partial charge on any atom is 0.348 e. The van der Waals surface area contributed by atoms with E-state index >= 15 is 0 Å². The molecular formula is C25H22O3S. The predicted octanol–water partition coefficient (Wildman–Crippen LogP) is 5.48. The molecular weight excluding hydrogens is 380 g/mol. The van der Waals surface area contributed by atoms with Crippen LogP contribution in [-0.4, -0.2) is 18.4 Å². The van der Waals surface area contributed by atoms with E-state index in [-0.39, 0.29) is 12.4 Å². The molecule has 0 saturated carbocycles. The first kappa shape index (κ1) is 18.3. The molecule has 5 rings (SSSR count). The second-order valence-electron chi connectivity index (χ2n) is 8.11. The number of aryl methyl sites for hydroxylation is 1. The normalized spacial score (nSPS) is 16.7. The summed E-state index contributed by atoms with van der Waals surface area (Å²) in [6.07, 6.45) is 4.12. The number of Topliss-reactive ketones (excluding diaryl/α,β-unsaturated/α-hetero) is 1. The zero-order valence-electron chi connectivity index (χ0n) is 16.4. The van der Waals surface area contributed by atoms with Gasteiger partial charge in [-0.3, -0.25) is 4.79 Å². The van der Waals surface area contributed by atoms with Crippen LogP contribution in [0.2, 0.25) is 0 Å². The van der Waals surface area contributed by atoms with Crippen molar-refractivity contribution in [3.8, 4) is 11.1 Å². The first-order valence-corrected chi connectivity index (χ1v) is 10.9. The van der Waals surface area contributed by atoms with Crippen LogP contribution >= 0.6 is 11.3 Å². The van der Waals surface area contributed by atoms with Gasteiger partial charge in [-0.25, -0.2) is 4.79 Å². The monoisotopic (exact) mass is 402 g/mol. The third-order valence-corrected chi connectivity index (χ3v) is 7.20. The van der Waals surface area contributed by atoms with Crippen molar-refractivity contribution < 1.29 is 14.3 Å². The lowest BCUT2D eigenvalue weighted by Crippen LogP contribution is -2.13. The molecule has 0 N–H and O–H groups in total. The van der Waals surface area contributed by atoms with Gasteiger partial charge in [-0.1, -0.05) is 43.3 Å². The molecule has 0 radical (unpaired) electrons. The fraction of sp³-hybridized carbons (Fsp3) is 0.280. The van der Waals surface area contributed by atoms with Gasteiger partial charge in [0.15, 0.2) is 12.4 Å². The topological polar surface area (TPSA) is 43.4 Å². The van der Waals surface area contributed by atoms with E-state index in [9.17, 15) is 9.59 Å². The van der Waals surface area contributed by atoms with Crippen molar-refractivity contribution in [2.24, 2.45) is 5.92 Å². The van der Waals surface area contributed by atoms with Gasteiger partial charge in [0, 0.05) is 10.4 Å². The van der Waals surface area contributed by atoms with Crippen LogP contribution in [0.3, 0.4) is 0 Å².